The third-order valence-corrected chi connectivity index (χ3v) is 4.26. The molecule has 7 nitrogen and oxygen atoms in total. The van der Waals surface area contributed by atoms with Gasteiger partial charge < -0.3 is 9.47 Å². The van der Waals surface area contributed by atoms with Crippen molar-refractivity contribution in [1.82, 2.24) is 0 Å². The van der Waals surface area contributed by atoms with Gasteiger partial charge in [-0.15, -0.1) is 11.8 Å². The zero-order valence-electron chi connectivity index (χ0n) is 12.5. The van der Waals surface area contributed by atoms with Crippen molar-refractivity contribution in [3.8, 4) is 0 Å². The Hall–Kier alpha value is -2.09. The molecule has 0 aliphatic carbocycles. The lowest BCUT2D eigenvalue weighted by molar-refractivity contribution is -0.384. The fourth-order valence-corrected chi connectivity index (χ4v) is 2.75. The summed E-state index contributed by atoms with van der Waals surface area (Å²) in [5, 5.41) is 9.84. The quantitative estimate of drug-likeness (QED) is 0.328. The molecule has 0 aliphatic heterocycles. The van der Waals surface area contributed by atoms with E-state index in [9.17, 15) is 19.7 Å². The number of carbonyl (C=O) groups is 2. The van der Waals surface area contributed by atoms with Crippen LogP contribution in [-0.2, 0) is 19.1 Å². The lowest BCUT2D eigenvalue weighted by Gasteiger charge is -2.20. The number of rotatable bonds is 7. The number of carbonyl (C=O) groups excluding carboxylic acids is 2. The van der Waals surface area contributed by atoms with E-state index in [4.69, 9.17) is 4.74 Å². The monoisotopic (exact) mass is 327 g/mol. The number of nitro groups is 1. The van der Waals surface area contributed by atoms with Crippen molar-refractivity contribution < 1.29 is 24.0 Å². The van der Waals surface area contributed by atoms with Crippen LogP contribution in [-0.4, -0.2) is 35.8 Å². The molecule has 0 unspecified atom stereocenters. The van der Waals surface area contributed by atoms with Crippen LogP contribution in [0.5, 0.6) is 0 Å². The summed E-state index contributed by atoms with van der Waals surface area (Å²) in [6.45, 7) is 3.45. The summed E-state index contributed by atoms with van der Waals surface area (Å²) in [5.41, 5.74) is -0.0435. The fourth-order valence-electron chi connectivity index (χ4n) is 1.68. The highest BCUT2D eigenvalue weighted by molar-refractivity contribution is 8.00. The molecule has 0 heterocycles. The van der Waals surface area contributed by atoms with Gasteiger partial charge in [0.15, 0.2) is 0 Å². The van der Waals surface area contributed by atoms with Crippen molar-refractivity contribution in [2.24, 2.45) is 5.92 Å². The molecule has 0 spiro atoms. The molecule has 0 aromatic heterocycles. The average Bonchev–Trinajstić information content (AvgIpc) is 2.51. The topological polar surface area (TPSA) is 95.7 Å². The molecule has 1 aromatic carbocycles. The first-order valence-corrected chi connectivity index (χ1v) is 7.44. The first-order valence-electron chi connectivity index (χ1n) is 6.56. The van der Waals surface area contributed by atoms with Gasteiger partial charge in [-0.1, -0.05) is 6.92 Å². The Labute approximate surface area is 132 Å². The Morgan fingerprint density at radius 2 is 1.86 bits per heavy atom. The molecule has 0 aliphatic rings. The molecule has 1 aromatic rings. The van der Waals surface area contributed by atoms with Crippen LogP contribution in [0, 0.1) is 16.0 Å². The SMILES string of the molecule is CCOC(=O)[C@@H](Sc1ccc([N+](=O)[O-])cc1)[C@H](C)C(=O)OC. The smallest absolute Gasteiger partial charge is 0.320 e. The molecule has 0 fully saturated rings. The number of methoxy groups -OCH3 is 1. The number of nitrogens with zero attached hydrogens (tertiary/aromatic N) is 1. The molecule has 0 bridgehead atoms. The van der Waals surface area contributed by atoms with Gasteiger partial charge in [0.05, 0.1) is 24.6 Å². The highest BCUT2D eigenvalue weighted by atomic mass is 32.2. The summed E-state index contributed by atoms with van der Waals surface area (Å²) in [5.74, 6) is -1.75. The number of hydrogen-bond donors (Lipinski definition) is 0. The standard InChI is InChI=1S/C14H17NO6S/c1-4-21-14(17)12(9(2)13(16)20-3)22-11-7-5-10(6-8-11)15(18)19/h5-9,12H,4H2,1-3H3/t9-,12-/m0/s1. The Kier molecular flexibility index (Phi) is 6.84. The number of hydrogen-bond acceptors (Lipinski definition) is 7. The molecule has 8 heteroatoms. The van der Waals surface area contributed by atoms with E-state index < -0.39 is 28.0 Å². The number of esters is 2. The second-order valence-corrected chi connectivity index (χ2v) is 5.57. The van der Waals surface area contributed by atoms with Gasteiger partial charge in [-0.25, -0.2) is 0 Å². The Balaban J connectivity index is 2.94. The highest BCUT2D eigenvalue weighted by Crippen LogP contribution is 2.31. The summed E-state index contributed by atoms with van der Waals surface area (Å²) in [4.78, 5) is 34.4. The zero-order chi connectivity index (χ0) is 16.7. The lowest BCUT2D eigenvalue weighted by Crippen LogP contribution is -2.32. The van der Waals surface area contributed by atoms with Crippen LogP contribution in [0.4, 0.5) is 5.69 Å². The first kappa shape index (κ1) is 18.0. The van der Waals surface area contributed by atoms with E-state index in [1.165, 1.54) is 31.4 Å². The maximum absolute atomic E-state index is 12.0. The summed E-state index contributed by atoms with van der Waals surface area (Å²) >= 11 is 1.11. The van der Waals surface area contributed by atoms with Crippen molar-refractivity contribution in [2.45, 2.75) is 24.0 Å². The van der Waals surface area contributed by atoms with Gasteiger partial charge in [0.1, 0.15) is 5.25 Å². The third-order valence-electron chi connectivity index (χ3n) is 2.86. The Bertz CT molecular complexity index is 545. The summed E-state index contributed by atoms with van der Waals surface area (Å²) < 4.78 is 9.64. The largest absolute Gasteiger partial charge is 0.469 e. The molecule has 1 rings (SSSR count). The van der Waals surface area contributed by atoms with Crippen molar-refractivity contribution >= 4 is 29.4 Å². The molecule has 0 N–H and O–H groups in total. The van der Waals surface area contributed by atoms with Crippen LogP contribution < -0.4 is 0 Å². The molecular weight excluding hydrogens is 310 g/mol. The molecule has 22 heavy (non-hydrogen) atoms. The van der Waals surface area contributed by atoms with E-state index in [1.54, 1.807) is 13.8 Å². The van der Waals surface area contributed by atoms with E-state index in [0.717, 1.165) is 11.8 Å². The maximum Gasteiger partial charge on any atom is 0.320 e. The molecule has 0 saturated heterocycles. The number of ether oxygens (including phenoxy) is 2. The predicted octanol–water partition coefficient (Wildman–Crippen LogP) is 2.43. The van der Waals surface area contributed by atoms with Gasteiger partial charge in [0, 0.05) is 17.0 Å². The Morgan fingerprint density at radius 3 is 2.32 bits per heavy atom. The van der Waals surface area contributed by atoms with E-state index in [-0.39, 0.29) is 12.3 Å². The van der Waals surface area contributed by atoms with Crippen molar-refractivity contribution in [3.05, 3.63) is 34.4 Å². The van der Waals surface area contributed by atoms with Gasteiger partial charge in [-0.2, -0.15) is 0 Å². The van der Waals surface area contributed by atoms with Gasteiger partial charge in [-0.3, -0.25) is 19.7 Å². The normalized spacial score (nSPS) is 13.0. The van der Waals surface area contributed by atoms with E-state index in [2.05, 4.69) is 4.74 Å². The highest BCUT2D eigenvalue weighted by Gasteiger charge is 2.33. The predicted molar refractivity (Wildman–Crippen MR) is 80.6 cm³/mol. The van der Waals surface area contributed by atoms with Crippen molar-refractivity contribution in [1.29, 1.82) is 0 Å². The van der Waals surface area contributed by atoms with Gasteiger partial charge in [0.2, 0.25) is 0 Å². The van der Waals surface area contributed by atoms with E-state index >= 15 is 0 Å². The van der Waals surface area contributed by atoms with Crippen LogP contribution in [0.3, 0.4) is 0 Å². The summed E-state index contributed by atoms with van der Waals surface area (Å²) in [6.07, 6.45) is 0. The minimum Gasteiger partial charge on any atom is -0.469 e. The molecule has 0 amide bonds. The van der Waals surface area contributed by atoms with Crippen LogP contribution >= 0.6 is 11.8 Å². The molecule has 2 atom stereocenters. The lowest BCUT2D eigenvalue weighted by atomic mass is 10.1. The minimum atomic E-state index is -0.783. The van der Waals surface area contributed by atoms with Crippen molar-refractivity contribution in [3.63, 3.8) is 0 Å². The fraction of sp³-hybridized carbons (Fsp3) is 0.429. The second-order valence-electron chi connectivity index (χ2n) is 4.35. The average molecular weight is 327 g/mol. The number of benzene rings is 1. The summed E-state index contributed by atoms with van der Waals surface area (Å²) in [6, 6.07) is 5.73. The van der Waals surface area contributed by atoms with Gasteiger partial charge in [-0.05, 0) is 19.1 Å². The second kappa shape index (κ2) is 8.38. The van der Waals surface area contributed by atoms with E-state index in [0.29, 0.717) is 4.90 Å². The first-order chi connectivity index (χ1) is 10.4. The van der Waals surface area contributed by atoms with Gasteiger partial charge in [0.25, 0.3) is 5.69 Å². The summed E-state index contributed by atoms with van der Waals surface area (Å²) in [7, 11) is 1.25. The molecule has 0 saturated carbocycles. The maximum atomic E-state index is 12.0. The van der Waals surface area contributed by atoms with Crippen LogP contribution in [0.25, 0.3) is 0 Å². The number of nitro benzene ring substituents is 1. The van der Waals surface area contributed by atoms with Crippen LogP contribution in [0.1, 0.15) is 13.8 Å². The van der Waals surface area contributed by atoms with E-state index in [1.807, 2.05) is 0 Å². The number of thioether (sulfide) groups is 1. The number of non-ortho nitro benzene ring substituents is 1. The third kappa shape index (κ3) is 4.73. The minimum absolute atomic E-state index is 0.0435. The van der Waals surface area contributed by atoms with Crippen molar-refractivity contribution in [2.75, 3.05) is 13.7 Å². The molecule has 0 radical (unpaired) electrons. The van der Waals surface area contributed by atoms with Gasteiger partial charge >= 0.3 is 11.9 Å². The zero-order valence-corrected chi connectivity index (χ0v) is 13.3. The molecule has 120 valence electrons. The van der Waals surface area contributed by atoms with Crippen LogP contribution in [0.15, 0.2) is 29.2 Å². The Morgan fingerprint density at radius 1 is 1.27 bits per heavy atom. The molecular formula is C14H17NO6S. The van der Waals surface area contributed by atoms with Crippen LogP contribution in [0.2, 0.25) is 0 Å².